The van der Waals surface area contributed by atoms with Gasteiger partial charge in [0.25, 0.3) is 0 Å². The first-order valence-electron chi connectivity index (χ1n) is 4.69. The van der Waals surface area contributed by atoms with E-state index in [0.717, 1.165) is 5.75 Å². The molecule has 0 aliphatic carbocycles. The molecule has 0 spiro atoms. The van der Waals surface area contributed by atoms with Crippen LogP contribution in [0.5, 0.6) is 5.75 Å². The third-order valence-electron chi connectivity index (χ3n) is 1.90. The van der Waals surface area contributed by atoms with Crippen LogP contribution in [-0.4, -0.2) is 6.61 Å². The van der Waals surface area contributed by atoms with Crippen LogP contribution in [0.15, 0.2) is 18.2 Å². The maximum atomic E-state index is 5.34. The molecule has 0 aliphatic rings. The van der Waals surface area contributed by atoms with Crippen LogP contribution in [0.3, 0.4) is 0 Å². The summed E-state index contributed by atoms with van der Waals surface area (Å²) in [6, 6.07) is 9.22. The van der Waals surface area contributed by atoms with Crippen LogP contribution >= 0.6 is 0 Å². The van der Waals surface area contributed by atoms with Crippen LogP contribution in [0.4, 0.5) is 0 Å². The van der Waals surface area contributed by atoms with E-state index in [1.54, 1.807) is 0 Å². The van der Waals surface area contributed by atoms with Crippen molar-refractivity contribution in [2.45, 2.75) is 33.1 Å². The van der Waals surface area contributed by atoms with Crippen molar-refractivity contribution in [2.24, 2.45) is 0 Å². The highest BCUT2D eigenvalue weighted by Gasteiger charge is 2.13. The van der Waals surface area contributed by atoms with Crippen LogP contribution in [-0.2, 0) is 5.41 Å². The molecule has 0 aliphatic heterocycles. The predicted molar refractivity (Wildman–Crippen MR) is 55.1 cm³/mol. The Morgan fingerprint density at radius 3 is 2.38 bits per heavy atom. The van der Waals surface area contributed by atoms with Gasteiger partial charge in [0.15, 0.2) is 0 Å². The van der Waals surface area contributed by atoms with Crippen molar-refractivity contribution >= 4 is 0 Å². The van der Waals surface area contributed by atoms with E-state index >= 15 is 0 Å². The quantitative estimate of drug-likeness (QED) is 0.674. The molecule has 0 aromatic heterocycles. The minimum absolute atomic E-state index is 0.171. The van der Waals surface area contributed by atoms with Crippen LogP contribution in [0.1, 0.15) is 33.3 Å². The van der Waals surface area contributed by atoms with Gasteiger partial charge in [-0.15, -0.1) is 0 Å². The Balaban J connectivity index is 2.81. The summed E-state index contributed by atoms with van der Waals surface area (Å²) in [7, 11) is 0. The predicted octanol–water partition coefficient (Wildman–Crippen LogP) is 3.18. The Bertz CT molecular complexity index is 253. The minimum Gasteiger partial charge on any atom is -0.494 e. The lowest BCUT2D eigenvalue weighted by Gasteiger charge is -2.18. The molecule has 0 amide bonds. The molecule has 0 bridgehead atoms. The van der Waals surface area contributed by atoms with Crippen molar-refractivity contribution in [1.82, 2.24) is 0 Å². The van der Waals surface area contributed by atoms with E-state index in [1.807, 2.05) is 19.1 Å². The molecular weight excluding hydrogens is 160 g/mol. The van der Waals surface area contributed by atoms with Gasteiger partial charge < -0.3 is 4.74 Å². The summed E-state index contributed by atoms with van der Waals surface area (Å²) in [5, 5.41) is 0. The van der Waals surface area contributed by atoms with Gasteiger partial charge in [0, 0.05) is 0 Å². The van der Waals surface area contributed by atoms with Crippen molar-refractivity contribution in [3.63, 3.8) is 0 Å². The van der Waals surface area contributed by atoms with E-state index in [4.69, 9.17) is 4.74 Å². The molecule has 1 nitrogen and oxygen atoms in total. The van der Waals surface area contributed by atoms with Crippen molar-refractivity contribution < 1.29 is 4.74 Å². The second kappa shape index (κ2) is 3.82. The Kier molecular flexibility index (Phi) is 2.97. The zero-order valence-electron chi connectivity index (χ0n) is 8.85. The van der Waals surface area contributed by atoms with E-state index in [-0.39, 0.29) is 5.41 Å². The van der Waals surface area contributed by atoms with Crippen molar-refractivity contribution in [3.8, 4) is 5.75 Å². The van der Waals surface area contributed by atoms with Crippen molar-refractivity contribution in [3.05, 3.63) is 29.8 Å². The van der Waals surface area contributed by atoms with Crippen LogP contribution < -0.4 is 4.74 Å². The summed E-state index contributed by atoms with van der Waals surface area (Å²) in [5.74, 6) is 0.899. The zero-order chi connectivity index (χ0) is 9.90. The number of benzene rings is 1. The summed E-state index contributed by atoms with van der Waals surface area (Å²) in [6.07, 6.45) is 0. The Morgan fingerprint density at radius 2 is 2.00 bits per heavy atom. The lowest BCUT2D eigenvalue weighted by atomic mass is 9.87. The summed E-state index contributed by atoms with van der Waals surface area (Å²) < 4.78 is 5.34. The Morgan fingerprint density at radius 1 is 1.31 bits per heavy atom. The molecule has 1 rings (SSSR count). The summed E-state index contributed by atoms with van der Waals surface area (Å²) in [4.78, 5) is 0. The first-order chi connectivity index (χ1) is 6.04. The highest BCUT2D eigenvalue weighted by atomic mass is 16.5. The molecule has 0 atom stereocenters. The molecule has 0 saturated carbocycles. The first kappa shape index (κ1) is 10.1. The van der Waals surface area contributed by atoms with Gasteiger partial charge in [-0.25, -0.2) is 0 Å². The van der Waals surface area contributed by atoms with E-state index in [9.17, 15) is 0 Å². The maximum Gasteiger partial charge on any atom is 0.119 e. The van der Waals surface area contributed by atoms with Gasteiger partial charge in [0.05, 0.1) is 6.61 Å². The fraction of sp³-hybridized carbons (Fsp3) is 0.500. The summed E-state index contributed by atoms with van der Waals surface area (Å²) in [6.45, 7) is 9.23. The number of ether oxygens (including phenoxy) is 1. The molecule has 1 aromatic carbocycles. The van der Waals surface area contributed by atoms with Crippen molar-refractivity contribution in [1.29, 1.82) is 0 Å². The second-order valence-electron chi connectivity index (χ2n) is 4.12. The van der Waals surface area contributed by atoms with E-state index < -0.39 is 0 Å². The second-order valence-corrected chi connectivity index (χ2v) is 4.12. The number of hydrogen-bond donors (Lipinski definition) is 0. The SMILES string of the molecule is CCOc1c[c]c(C(C)(C)C)cc1. The molecule has 0 saturated heterocycles. The van der Waals surface area contributed by atoms with E-state index in [0.29, 0.717) is 6.61 Å². The molecule has 0 N–H and O–H groups in total. The molecule has 1 radical (unpaired) electrons. The standard InChI is InChI=1S/C12H17O/c1-5-13-11-8-6-10(7-9-11)12(2,3)4/h6,8-9H,5H2,1-4H3. The van der Waals surface area contributed by atoms with Crippen LogP contribution in [0.2, 0.25) is 0 Å². The van der Waals surface area contributed by atoms with Crippen LogP contribution in [0, 0.1) is 6.07 Å². The smallest absolute Gasteiger partial charge is 0.119 e. The molecule has 71 valence electrons. The maximum absolute atomic E-state index is 5.34. The first-order valence-corrected chi connectivity index (χ1v) is 4.69. The van der Waals surface area contributed by atoms with E-state index in [1.165, 1.54) is 5.56 Å². The topological polar surface area (TPSA) is 9.23 Å². The Labute approximate surface area is 80.7 Å². The third kappa shape index (κ3) is 2.76. The highest BCUT2D eigenvalue weighted by molar-refractivity contribution is 5.29. The third-order valence-corrected chi connectivity index (χ3v) is 1.90. The van der Waals surface area contributed by atoms with Gasteiger partial charge in [0.1, 0.15) is 5.75 Å². The molecule has 0 unspecified atom stereocenters. The Hall–Kier alpha value is -0.980. The van der Waals surface area contributed by atoms with Crippen LogP contribution in [0.25, 0.3) is 0 Å². The van der Waals surface area contributed by atoms with Gasteiger partial charge in [-0.2, -0.15) is 0 Å². The molecule has 1 aromatic rings. The number of rotatable bonds is 2. The van der Waals surface area contributed by atoms with Gasteiger partial charge in [-0.05, 0) is 36.1 Å². The van der Waals surface area contributed by atoms with Gasteiger partial charge in [0.2, 0.25) is 0 Å². The lowest BCUT2D eigenvalue weighted by molar-refractivity contribution is 0.340. The van der Waals surface area contributed by atoms with Gasteiger partial charge in [-0.3, -0.25) is 0 Å². The summed E-state index contributed by atoms with van der Waals surface area (Å²) in [5.41, 5.74) is 1.39. The summed E-state index contributed by atoms with van der Waals surface area (Å²) >= 11 is 0. The molecule has 0 fully saturated rings. The molecule has 1 heteroatoms. The zero-order valence-corrected chi connectivity index (χ0v) is 8.85. The van der Waals surface area contributed by atoms with Gasteiger partial charge >= 0.3 is 0 Å². The van der Waals surface area contributed by atoms with Gasteiger partial charge in [-0.1, -0.05) is 26.8 Å². The average Bonchev–Trinajstić information content (AvgIpc) is 2.04. The highest BCUT2D eigenvalue weighted by Crippen LogP contribution is 2.23. The normalized spacial score (nSPS) is 11.4. The molecule has 0 heterocycles. The lowest BCUT2D eigenvalue weighted by Crippen LogP contribution is -2.10. The van der Waals surface area contributed by atoms with E-state index in [2.05, 4.69) is 32.9 Å². The number of hydrogen-bond acceptors (Lipinski definition) is 1. The molecule has 13 heavy (non-hydrogen) atoms. The fourth-order valence-corrected chi connectivity index (χ4v) is 1.13. The fourth-order valence-electron chi connectivity index (χ4n) is 1.13. The van der Waals surface area contributed by atoms with Crippen molar-refractivity contribution in [2.75, 3.05) is 6.61 Å². The average molecular weight is 177 g/mol. The largest absolute Gasteiger partial charge is 0.494 e. The minimum atomic E-state index is 0.171. The monoisotopic (exact) mass is 177 g/mol. The molecular formula is C12H17O.